The lowest BCUT2D eigenvalue weighted by atomic mass is 9.97. The van der Waals surface area contributed by atoms with Gasteiger partial charge in [-0.05, 0) is 36.6 Å². The fourth-order valence-corrected chi connectivity index (χ4v) is 4.04. The Morgan fingerprint density at radius 2 is 1.50 bits per heavy atom. The van der Waals surface area contributed by atoms with Gasteiger partial charge in [0.2, 0.25) is 5.91 Å². The first-order valence-electron chi connectivity index (χ1n) is 9.68. The van der Waals surface area contributed by atoms with Crippen molar-refractivity contribution < 1.29 is 4.79 Å². The summed E-state index contributed by atoms with van der Waals surface area (Å²) >= 11 is 0. The van der Waals surface area contributed by atoms with Crippen LogP contribution in [0.25, 0.3) is 0 Å². The summed E-state index contributed by atoms with van der Waals surface area (Å²) in [4.78, 5) is 17.3. The Hall–Kier alpha value is -2.17. The topological polar surface area (TPSA) is 35.6 Å². The van der Waals surface area contributed by atoms with Gasteiger partial charge in [0.15, 0.2) is 0 Å². The quantitative estimate of drug-likeness (QED) is 0.871. The standard InChI is InChI=1S/C22H27N3O/c26-22-20(19-8-4-5-9-21(19)23-22)11-13-25-16-14-24(15-17-25)12-10-18-6-2-1-3-7-18/h1-9,20H,10-17H2,(H,23,26). The van der Waals surface area contributed by atoms with Crippen molar-refractivity contribution in [1.29, 1.82) is 0 Å². The lowest BCUT2D eigenvalue weighted by Gasteiger charge is -2.35. The van der Waals surface area contributed by atoms with Gasteiger partial charge >= 0.3 is 0 Å². The number of nitrogens with zero attached hydrogens (tertiary/aromatic N) is 2. The molecule has 136 valence electrons. The zero-order chi connectivity index (χ0) is 17.8. The Balaban J connectivity index is 1.22. The highest BCUT2D eigenvalue weighted by molar-refractivity contribution is 6.02. The number of piperazine rings is 1. The van der Waals surface area contributed by atoms with E-state index in [9.17, 15) is 4.79 Å². The fraction of sp³-hybridized carbons (Fsp3) is 0.409. The number of anilines is 1. The lowest BCUT2D eigenvalue weighted by molar-refractivity contribution is -0.117. The van der Waals surface area contributed by atoms with Crippen LogP contribution in [0.15, 0.2) is 54.6 Å². The van der Waals surface area contributed by atoms with Crippen LogP contribution in [0, 0.1) is 0 Å². The van der Waals surface area contributed by atoms with Gasteiger partial charge in [-0.3, -0.25) is 4.79 Å². The van der Waals surface area contributed by atoms with E-state index >= 15 is 0 Å². The Bertz CT molecular complexity index is 738. The van der Waals surface area contributed by atoms with Crippen LogP contribution in [-0.2, 0) is 11.2 Å². The van der Waals surface area contributed by atoms with E-state index in [1.54, 1.807) is 0 Å². The molecule has 1 unspecified atom stereocenters. The predicted molar refractivity (Wildman–Crippen MR) is 105 cm³/mol. The molecule has 26 heavy (non-hydrogen) atoms. The van der Waals surface area contributed by atoms with Crippen molar-refractivity contribution in [2.75, 3.05) is 44.6 Å². The van der Waals surface area contributed by atoms with Crippen LogP contribution in [0.4, 0.5) is 5.69 Å². The molecule has 1 N–H and O–H groups in total. The molecule has 0 aliphatic carbocycles. The maximum atomic E-state index is 12.2. The zero-order valence-corrected chi connectivity index (χ0v) is 15.2. The van der Waals surface area contributed by atoms with E-state index in [-0.39, 0.29) is 11.8 Å². The molecule has 1 atom stereocenters. The van der Waals surface area contributed by atoms with E-state index in [0.717, 1.165) is 57.8 Å². The molecule has 1 saturated heterocycles. The van der Waals surface area contributed by atoms with Crippen molar-refractivity contribution >= 4 is 11.6 Å². The van der Waals surface area contributed by atoms with Gasteiger partial charge in [0.25, 0.3) is 0 Å². The molecule has 4 rings (SSSR count). The zero-order valence-electron chi connectivity index (χ0n) is 15.2. The van der Waals surface area contributed by atoms with Crippen molar-refractivity contribution in [3.8, 4) is 0 Å². The molecule has 0 bridgehead atoms. The molecule has 0 radical (unpaired) electrons. The van der Waals surface area contributed by atoms with E-state index < -0.39 is 0 Å². The monoisotopic (exact) mass is 349 g/mol. The van der Waals surface area contributed by atoms with Gasteiger partial charge in [-0.15, -0.1) is 0 Å². The molecule has 2 aliphatic rings. The second-order valence-electron chi connectivity index (χ2n) is 7.34. The normalized spacial score (nSPS) is 20.8. The summed E-state index contributed by atoms with van der Waals surface area (Å²) in [6.07, 6.45) is 2.03. The summed E-state index contributed by atoms with van der Waals surface area (Å²) in [5, 5.41) is 3.01. The van der Waals surface area contributed by atoms with E-state index in [0.29, 0.717) is 0 Å². The molecule has 0 spiro atoms. The van der Waals surface area contributed by atoms with Crippen LogP contribution >= 0.6 is 0 Å². The number of amides is 1. The van der Waals surface area contributed by atoms with E-state index in [1.807, 2.05) is 18.2 Å². The Kier molecular flexibility index (Phi) is 5.32. The summed E-state index contributed by atoms with van der Waals surface area (Å²) in [6.45, 7) is 6.59. The number of para-hydroxylation sites is 1. The van der Waals surface area contributed by atoms with Gasteiger partial charge in [-0.2, -0.15) is 0 Å². The number of carbonyl (C=O) groups is 1. The molecule has 2 aliphatic heterocycles. The SMILES string of the molecule is O=C1Nc2ccccc2C1CCN1CCN(CCc2ccccc2)CC1. The van der Waals surface area contributed by atoms with Gasteiger partial charge in [-0.25, -0.2) is 0 Å². The minimum absolute atomic E-state index is 0.0160. The highest BCUT2D eigenvalue weighted by Gasteiger charge is 2.30. The number of nitrogens with one attached hydrogen (secondary N) is 1. The van der Waals surface area contributed by atoms with Crippen LogP contribution < -0.4 is 5.32 Å². The lowest BCUT2D eigenvalue weighted by Crippen LogP contribution is -2.47. The average Bonchev–Trinajstić information content (AvgIpc) is 3.01. The average molecular weight is 349 g/mol. The van der Waals surface area contributed by atoms with Gasteiger partial charge in [0.05, 0.1) is 5.92 Å². The number of rotatable bonds is 6. The molecule has 1 amide bonds. The van der Waals surface area contributed by atoms with Gasteiger partial charge < -0.3 is 15.1 Å². The number of carbonyl (C=O) groups excluding carboxylic acids is 1. The smallest absolute Gasteiger partial charge is 0.232 e. The van der Waals surface area contributed by atoms with Crippen molar-refractivity contribution in [2.24, 2.45) is 0 Å². The maximum Gasteiger partial charge on any atom is 0.232 e. The summed E-state index contributed by atoms with van der Waals surface area (Å²) in [5.41, 5.74) is 3.58. The third-order valence-electron chi connectivity index (χ3n) is 5.67. The molecular weight excluding hydrogens is 322 g/mol. The summed E-state index contributed by atoms with van der Waals surface area (Å²) in [5.74, 6) is 0.176. The molecule has 4 heteroatoms. The van der Waals surface area contributed by atoms with Gasteiger partial charge in [0.1, 0.15) is 0 Å². The summed E-state index contributed by atoms with van der Waals surface area (Å²) < 4.78 is 0. The highest BCUT2D eigenvalue weighted by atomic mass is 16.2. The van der Waals surface area contributed by atoms with E-state index in [1.165, 1.54) is 11.1 Å². The Morgan fingerprint density at radius 3 is 2.27 bits per heavy atom. The molecule has 0 saturated carbocycles. The maximum absolute atomic E-state index is 12.2. The second kappa shape index (κ2) is 8.02. The van der Waals surface area contributed by atoms with E-state index in [2.05, 4.69) is 51.5 Å². The van der Waals surface area contributed by atoms with E-state index in [4.69, 9.17) is 0 Å². The minimum atomic E-state index is 0.0160. The van der Waals surface area contributed by atoms with Crippen molar-refractivity contribution in [2.45, 2.75) is 18.8 Å². The second-order valence-corrected chi connectivity index (χ2v) is 7.34. The first-order valence-corrected chi connectivity index (χ1v) is 9.68. The highest BCUT2D eigenvalue weighted by Crippen LogP contribution is 2.34. The van der Waals surface area contributed by atoms with Gasteiger partial charge in [-0.1, -0.05) is 48.5 Å². The largest absolute Gasteiger partial charge is 0.325 e. The number of hydrogen-bond donors (Lipinski definition) is 1. The Labute approximate surface area is 155 Å². The minimum Gasteiger partial charge on any atom is -0.325 e. The molecule has 4 nitrogen and oxygen atoms in total. The van der Waals surface area contributed by atoms with Crippen LogP contribution in [-0.4, -0.2) is 55.0 Å². The Morgan fingerprint density at radius 1 is 0.846 bits per heavy atom. The van der Waals surface area contributed by atoms with Crippen molar-refractivity contribution in [3.05, 3.63) is 65.7 Å². The molecule has 1 fully saturated rings. The predicted octanol–water partition coefficient (Wildman–Crippen LogP) is 2.97. The fourth-order valence-electron chi connectivity index (χ4n) is 4.04. The molecule has 0 aromatic heterocycles. The number of fused-ring (bicyclic) bond motifs is 1. The number of benzene rings is 2. The van der Waals surface area contributed by atoms with Crippen molar-refractivity contribution in [3.63, 3.8) is 0 Å². The third kappa shape index (κ3) is 3.97. The van der Waals surface area contributed by atoms with Crippen LogP contribution in [0.2, 0.25) is 0 Å². The molecule has 2 heterocycles. The van der Waals surface area contributed by atoms with Gasteiger partial charge in [0, 0.05) is 38.4 Å². The molecular formula is C22H27N3O. The van der Waals surface area contributed by atoms with Crippen LogP contribution in [0.3, 0.4) is 0 Å². The van der Waals surface area contributed by atoms with Crippen molar-refractivity contribution in [1.82, 2.24) is 9.80 Å². The summed E-state index contributed by atoms with van der Waals surface area (Å²) in [6, 6.07) is 18.8. The van der Waals surface area contributed by atoms with Crippen LogP contribution in [0.5, 0.6) is 0 Å². The summed E-state index contributed by atoms with van der Waals surface area (Å²) in [7, 11) is 0. The number of hydrogen-bond acceptors (Lipinski definition) is 3. The third-order valence-corrected chi connectivity index (χ3v) is 5.67. The van der Waals surface area contributed by atoms with Crippen LogP contribution in [0.1, 0.15) is 23.5 Å². The first-order chi connectivity index (χ1) is 12.8. The first kappa shape index (κ1) is 17.3. The molecule has 2 aromatic rings. The molecule has 2 aromatic carbocycles.